The Kier molecular flexibility index (Phi) is 6.60. The van der Waals surface area contributed by atoms with Crippen LogP contribution in [-0.4, -0.2) is 51.2 Å². The van der Waals surface area contributed by atoms with Gasteiger partial charge in [0.1, 0.15) is 0 Å². The first kappa shape index (κ1) is 18.4. The molecule has 1 aromatic heterocycles. The molecule has 0 amide bonds. The maximum Gasteiger partial charge on any atom is 0.0850 e. The highest BCUT2D eigenvalue weighted by molar-refractivity contribution is 4.94. The number of rotatable bonds is 7. The topological polar surface area (TPSA) is 54.2 Å². The van der Waals surface area contributed by atoms with Crippen LogP contribution in [0.1, 0.15) is 65.1 Å². The SMILES string of the molecule is C[C@H](CCN1CCC(n2cc(CCO)nn2)CC1)CC(C)(C)C. The summed E-state index contributed by atoms with van der Waals surface area (Å²) >= 11 is 0. The molecule has 132 valence electrons. The van der Waals surface area contributed by atoms with Crippen LogP contribution in [0.25, 0.3) is 0 Å². The van der Waals surface area contributed by atoms with Crippen molar-refractivity contribution in [1.82, 2.24) is 19.9 Å². The fraction of sp³-hybridized carbons (Fsp3) is 0.889. The van der Waals surface area contributed by atoms with E-state index in [1.807, 2.05) is 10.9 Å². The molecule has 23 heavy (non-hydrogen) atoms. The van der Waals surface area contributed by atoms with Crippen LogP contribution in [0.5, 0.6) is 0 Å². The number of nitrogens with zero attached hydrogens (tertiary/aromatic N) is 4. The van der Waals surface area contributed by atoms with Gasteiger partial charge >= 0.3 is 0 Å². The summed E-state index contributed by atoms with van der Waals surface area (Å²) in [6.07, 6.45) is 7.50. The van der Waals surface area contributed by atoms with Crippen molar-refractivity contribution in [3.8, 4) is 0 Å². The van der Waals surface area contributed by atoms with Crippen LogP contribution < -0.4 is 0 Å². The van der Waals surface area contributed by atoms with Crippen LogP contribution in [0.3, 0.4) is 0 Å². The van der Waals surface area contributed by atoms with Crippen molar-refractivity contribution >= 4 is 0 Å². The molecule has 5 nitrogen and oxygen atoms in total. The predicted molar refractivity (Wildman–Crippen MR) is 93.4 cm³/mol. The molecule has 1 saturated heterocycles. The van der Waals surface area contributed by atoms with Crippen LogP contribution in [0.4, 0.5) is 0 Å². The molecule has 1 aliphatic heterocycles. The first-order valence-electron chi connectivity index (χ1n) is 9.11. The summed E-state index contributed by atoms with van der Waals surface area (Å²) in [5, 5.41) is 17.3. The Balaban J connectivity index is 1.71. The zero-order chi connectivity index (χ0) is 16.9. The summed E-state index contributed by atoms with van der Waals surface area (Å²) in [5.74, 6) is 0.795. The summed E-state index contributed by atoms with van der Waals surface area (Å²) in [4.78, 5) is 2.60. The molecule has 5 heteroatoms. The largest absolute Gasteiger partial charge is 0.396 e. The third kappa shape index (κ3) is 6.22. The molecule has 0 radical (unpaired) electrons. The van der Waals surface area contributed by atoms with Crippen molar-refractivity contribution in [2.24, 2.45) is 11.3 Å². The summed E-state index contributed by atoms with van der Waals surface area (Å²) in [5.41, 5.74) is 1.33. The minimum absolute atomic E-state index is 0.143. The third-order valence-electron chi connectivity index (χ3n) is 4.76. The summed E-state index contributed by atoms with van der Waals surface area (Å²) < 4.78 is 2.00. The van der Waals surface area contributed by atoms with E-state index in [0.717, 1.165) is 37.5 Å². The molecule has 1 N–H and O–H groups in total. The van der Waals surface area contributed by atoms with Crippen molar-refractivity contribution < 1.29 is 5.11 Å². The lowest BCUT2D eigenvalue weighted by Gasteiger charge is -2.33. The van der Waals surface area contributed by atoms with E-state index in [9.17, 15) is 0 Å². The van der Waals surface area contributed by atoms with Gasteiger partial charge in [0.25, 0.3) is 0 Å². The van der Waals surface area contributed by atoms with Gasteiger partial charge in [-0.15, -0.1) is 5.10 Å². The molecule has 1 aromatic rings. The van der Waals surface area contributed by atoms with E-state index >= 15 is 0 Å². The number of aliphatic hydroxyl groups excluding tert-OH is 1. The van der Waals surface area contributed by atoms with E-state index in [1.165, 1.54) is 19.4 Å². The molecule has 1 atom stereocenters. The monoisotopic (exact) mass is 322 g/mol. The van der Waals surface area contributed by atoms with Gasteiger partial charge in [-0.25, -0.2) is 4.68 Å². The molecular formula is C18H34N4O. The Bertz CT molecular complexity index is 458. The average Bonchev–Trinajstić information content (AvgIpc) is 2.93. The van der Waals surface area contributed by atoms with Gasteiger partial charge in [-0.3, -0.25) is 0 Å². The minimum Gasteiger partial charge on any atom is -0.396 e. The number of aromatic nitrogens is 3. The Morgan fingerprint density at radius 1 is 1.30 bits per heavy atom. The van der Waals surface area contributed by atoms with Crippen LogP contribution >= 0.6 is 0 Å². The first-order valence-corrected chi connectivity index (χ1v) is 9.11. The normalized spacial score (nSPS) is 19.2. The van der Waals surface area contributed by atoms with Gasteiger partial charge in [0.15, 0.2) is 0 Å². The van der Waals surface area contributed by atoms with Crippen molar-refractivity contribution in [2.75, 3.05) is 26.2 Å². The van der Waals surface area contributed by atoms with E-state index in [1.54, 1.807) is 0 Å². The van der Waals surface area contributed by atoms with Gasteiger partial charge in [-0.2, -0.15) is 0 Å². The van der Waals surface area contributed by atoms with Crippen LogP contribution in [0.2, 0.25) is 0 Å². The fourth-order valence-electron chi connectivity index (χ4n) is 3.68. The van der Waals surface area contributed by atoms with Crippen LogP contribution in [0, 0.1) is 11.3 Å². The molecule has 1 aliphatic rings. The van der Waals surface area contributed by atoms with Crippen molar-refractivity contribution in [2.45, 2.75) is 65.8 Å². The van der Waals surface area contributed by atoms with Gasteiger partial charge in [0, 0.05) is 32.3 Å². The standard InChI is InChI=1S/C18H34N4O/c1-15(13-18(2,3)4)5-9-21-10-6-17(7-11-21)22-14-16(8-12-23)19-20-22/h14-15,17,23H,5-13H2,1-4H3/t15-/m1/s1. The third-order valence-corrected chi connectivity index (χ3v) is 4.76. The van der Waals surface area contributed by atoms with E-state index in [2.05, 4.69) is 42.9 Å². The molecule has 0 bridgehead atoms. The zero-order valence-electron chi connectivity index (χ0n) is 15.3. The highest BCUT2D eigenvalue weighted by Gasteiger charge is 2.22. The molecule has 0 spiro atoms. The van der Waals surface area contributed by atoms with Crippen molar-refractivity contribution in [1.29, 1.82) is 0 Å². The van der Waals surface area contributed by atoms with Gasteiger partial charge in [0.2, 0.25) is 0 Å². The minimum atomic E-state index is 0.143. The summed E-state index contributed by atoms with van der Waals surface area (Å²) in [7, 11) is 0. The summed E-state index contributed by atoms with van der Waals surface area (Å²) in [6, 6.07) is 0.471. The van der Waals surface area contributed by atoms with Crippen LogP contribution in [0.15, 0.2) is 6.20 Å². The molecular weight excluding hydrogens is 288 g/mol. The smallest absolute Gasteiger partial charge is 0.0850 e. The molecule has 0 aliphatic carbocycles. The van der Waals surface area contributed by atoms with Gasteiger partial charge in [0.05, 0.1) is 11.7 Å². The quantitative estimate of drug-likeness (QED) is 0.838. The lowest BCUT2D eigenvalue weighted by Crippen LogP contribution is -2.36. The number of likely N-dealkylation sites (tertiary alicyclic amines) is 1. The molecule has 2 heterocycles. The average molecular weight is 322 g/mol. The Morgan fingerprint density at radius 3 is 2.61 bits per heavy atom. The Morgan fingerprint density at radius 2 is 2.00 bits per heavy atom. The van der Waals surface area contributed by atoms with Gasteiger partial charge < -0.3 is 10.0 Å². The molecule has 0 aromatic carbocycles. The van der Waals surface area contributed by atoms with E-state index in [0.29, 0.717) is 17.9 Å². The number of hydrogen-bond donors (Lipinski definition) is 1. The van der Waals surface area contributed by atoms with E-state index in [4.69, 9.17) is 5.11 Å². The van der Waals surface area contributed by atoms with Crippen molar-refractivity contribution in [3.63, 3.8) is 0 Å². The predicted octanol–water partition coefficient (Wildman–Crippen LogP) is 2.91. The second-order valence-electron chi connectivity index (χ2n) is 8.39. The lowest BCUT2D eigenvalue weighted by molar-refractivity contribution is 0.164. The second kappa shape index (κ2) is 8.25. The van der Waals surface area contributed by atoms with Crippen LogP contribution in [-0.2, 0) is 6.42 Å². The van der Waals surface area contributed by atoms with E-state index < -0.39 is 0 Å². The number of piperidine rings is 1. The maximum atomic E-state index is 8.96. The first-order chi connectivity index (χ1) is 10.9. The molecule has 1 fully saturated rings. The zero-order valence-corrected chi connectivity index (χ0v) is 15.3. The van der Waals surface area contributed by atoms with Gasteiger partial charge in [-0.1, -0.05) is 32.9 Å². The van der Waals surface area contributed by atoms with E-state index in [-0.39, 0.29) is 6.61 Å². The summed E-state index contributed by atoms with van der Waals surface area (Å²) in [6.45, 7) is 13.1. The molecule has 0 saturated carbocycles. The molecule has 0 unspecified atom stereocenters. The number of aliphatic hydroxyl groups is 1. The number of hydrogen-bond acceptors (Lipinski definition) is 4. The Labute approximate surface area is 141 Å². The molecule has 2 rings (SSSR count). The Hall–Kier alpha value is -0.940. The lowest BCUT2D eigenvalue weighted by atomic mass is 9.84. The fourth-order valence-corrected chi connectivity index (χ4v) is 3.68. The second-order valence-corrected chi connectivity index (χ2v) is 8.39. The maximum absolute atomic E-state index is 8.96. The van der Waals surface area contributed by atoms with Gasteiger partial charge in [-0.05, 0) is 43.6 Å². The van der Waals surface area contributed by atoms with Crippen molar-refractivity contribution in [3.05, 3.63) is 11.9 Å². The highest BCUT2D eigenvalue weighted by atomic mass is 16.3. The highest BCUT2D eigenvalue weighted by Crippen LogP contribution is 2.27.